The summed E-state index contributed by atoms with van der Waals surface area (Å²) in [6, 6.07) is 26.2. The second-order valence-corrected chi connectivity index (χ2v) is 8.81. The van der Waals surface area contributed by atoms with Crippen LogP contribution < -0.4 is 10.4 Å². The molecule has 5 rings (SSSR count). The van der Waals surface area contributed by atoms with Gasteiger partial charge in [0.15, 0.2) is 5.71 Å². The fourth-order valence-corrected chi connectivity index (χ4v) is 4.22. The lowest BCUT2D eigenvalue weighted by atomic mass is 10.0. The minimum absolute atomic E-state index is 0.0924. The summed E-state index contributed by atoms with van der Waals surface area (Å²) in [6.45, 7) is 3.91. The van der Waals surface area contributed by atoms with Crippen molar-refractivity contribution in [2.75, 3.05) is 10.4 Å². The number of carbonyl (C=O) groups excluding carboxylic acids is 1. The van der Waals surface area contributed by atoms with E-state index in [0.717, 1.165) is 16.7 Å². The largest absolute Gasteiger partial charge is 0.505 e. The van der Waals surface area contributed by atoms with E-state index in [2.05, 4.69) is 15.6 Å². The summed E-state index contributed by atoms with van der Waals surface area (Å²) in [7, 11) is 0. The number of aromatic hydroxyl groups is 1. The first-order chi connectivity index (χ1) is 18.3. The Labute approximate surface area is 219 Å². The van der Waals surface area contributed by atoms with Crippen molar-refractivity contribution in [3.63, 3.8) is 0 Å². The first-order valence-electron chi connectivity index (χ1n) is 11.9. The summed E-state index contributed by atoms with van der Waals surface area (Å²) < 4.78 is 0. The van der Waals surface area contributed by atoms with Gasteiger partial charge >= 0.3 is 11.9 Å². The average Bonchev–Trinajstić information content (AvgIpc) is 3.26. The number of hydrogen-bond acceptors (Lipinski definition) is 6. The van der Waals surface area contributed by atoms with Gasteiger partial charge in [-0.25, -0.2) is 4.79 Å². The van der Waals surface area contributed by atoms with Crippen LogP contribution in [0.5, 0.6) is 5.75 Å². The number of carbonyl (C=O) groups is 2. The SMILES string of the molecule is Cc1cccc(N2N=C(c3ccccc3)C(=NNc3cccc(-c4cccc(C(=O)O)c4)c3O)C2=O)c1C. The van der Waals surface area contributed by atoms with Crippen molar-refractivity contribution >= 4 is 34.7 Å². The maximum atomic E-state index is 13.6. The van der Waals surface area contributed by atoms with Crippen LogP contribution in [0.2, 0.25) is 0 Å². The third-order valence-electron chi connectivity index (χ3n) is 6.42. The van der Waals surface area contributed by atoms with Gasteiger partial charge in [-0.05, 0) is 54.8 Å². The van der Waals surface area contributed by atoms with Crippen LogP contribution in [-0.2, 0) is 4.79 Å². The summed E-state index contributed by atoms with van der Waals surface area (Å²) >= 11 is 0. The molecule has 1 amide bonds. The molecule has 0 atom stereocenters. The number of hydrazone groups is 2. The highest BCUT2D eigenvalue weighted by atomic mass is 16.4. The Hall–Kier alpha value is -5.24. The van der Waals surface area contributed by atoms with Gasteiger partial charge in [0.05, 0.1) is 16.9 Å². The fraction of sp³-hybridized carbons (Fsp3) is 0.0667. The summed E-state index contributed by atoms with van der Waals surface area (Å²) in [5.41, 5.74) is 7.97. The predicted molar refractivity (Wildman–Crippen MR) is 148 cm³/mol. The number of carboxylic acids is 1. The van der Waals surface area contributed by atoms with Crippen molar-refractivity contribution in [1.82, 2.24) is 0 Å². The Kier molecular flexibility index (Phi) is 6.45. The third-order valence-corrected chi connectivity index (χ3v) is 6.42. The van der Waals surface area contributed by atoms with E-state index in [0.29, 0.717) is 22.5 Å². The Balaban J connectivity index is 1.53. The normalized spacial score (nSPS) is 14.1. The second kappa shape index (κ2) is 10.0. The van der Waals surface area contributed by atoms with Crippen molar-refractivity contribution in [3.05, 3.63) is 113 Å². The van der Waals surface area contributed by atoms with E-state index < -0.39 is 11.9 Å². The Morgan fingerprint density at radius 1 is 0.895 bits per heavy atom. The van der Waals surface area contributed by atoms with E-state index in [-0.39, 0.29) is 22.7 Å². The van der Waals surface area contributed by atoms with Crippen molar-refractivity contribution in [3.8, 4) is 16.9 Å². The molecule has 1 heterocycles. The molecule has 3 N–H and O–H groups in total. The van der Waals surface area contributed by atoms with Gasteiger partial charge in [0, 0.05) is 11.1 Å². The lowest BCUT2D eigenvalue weighted by molar-refractivity contribution is -0.112. The molecular weight excluding hydrogens is 480 g/mol. The van der Waals surface area contributed by atoms with Crippen LogP contribution in [0.1, 0.15) is 27.0 Å². The smallest absolute Gasteiger partial charge is 0.335 e. The number of aryl methyl sites for hydroxylation is 1. The molecule has 1 aliphatic rings. The van der Waals surface area contributed by atoms with Gasteiger partial charge in [-0.1, -0.05) is 66.7 Å². The minimum Gasteiger partial charge on any atom is -0.505 e. The van der Waals surface area contributed by atoms with Crippen LogP contribution in [0.15, 0.2) is 101 Å². The first-order valence-corrected chi connectivity index (χ1v) is 11.9. The van der Waals surface area contributed by atoms with Gasteiger partial charge in [0.2, 0.25) is 0 Å². The quantitative estimate of drug-likeness (QED) is 0.234. The van der Waals surface area contributed by atoms with E-state index in [4.69, 9.17) is 0 Å². The molecule has 0 aromatic heterocycles. The zero-order chi connectivity index (χ0) is 26.8. The highest BCUT2D eigenvalue weighted by Crippen LogP contribution is 2.36. The van der Waals surface area contributed by atoms with E-state index in [9.17, 15) is 19.8 Å². The van der Waals surface area contributed by atoms with Crippen LogP contribution in [0.3, 0.4) is 0 Å². The standard InChI is InChI=1S/C30H24N4O4/c1-18-9-6-16-25(19(18)2)34-29(36)27(26(33-34)20-10-4-3-5-11-20)32-31-24-15-8-14-23(28(24)35)21-12-7-13-22(17-21)30(37)38/h3-17,31,35H,1-2H3,(H,37,38). The third kappa shape index (κ3) is 4.51. The van der Waals surface area contributed by atoms with Crippen molar-refractivity contribution < 1.29 is 19.8 Å². The molecule has 8 nitrogen and oxygen atoms in total. The molecule has 188 valence electrons. The van der Waals surface area contributed by atoms with Crippen LogP contribution in [0.4, 0.5) is 11.4 Å². The van der Waals surface area contributed by atoms with E-state index in [1.807, 2.05) is 62.4 Å². The number of benzene rings is 4. The number of rotatable bonds is 6. The first kappa shape index (κ1) is 24.5. The molecule has 0 aliphatic carbocycles. The maximum Gasteiger partial charge on any atom is 0.335 e. The monoisotopic (exact) mass is 504 g/mol. The molecule has 4 aromatic carbocycles. The van der Waals surface area contributed by atoms with Gasteiger partial charge in [-0.15, -0.1) is 0 Å². The summed E-state index contributed by atoms with van der Waals surface area (Å²) in [5, 5.41) is 30.7. The number of carboxylic acid groups (broad SMARTS) is 1. The Morgan fingerprint density at radius 2 is 1.61 bits per heavy atom. The van der Waals surface area contributed by atoms with Crippen LogP contribution in [0.25, 0.3) is 11.1 Å². The number of nitrogens with zero attached hydrogens (tertiary/aromatic N) is 3. The van der Waals surface area contributed by atoms with Gasteiger partial charge in [-0.2, -0.15) is 15.2 Å². The number of phenols is 1. The molecule has 1 aliphatic heterocycles. The van der Waals surface area contributed by atoms with Crippen LogP contribution in [0, 0.1) is 13.8 Å². The molecule has 38 heavy (non-hydrogen) atoms. The second-order valence-electron chi connectivity index (χ2n) is 8.81. The predicted octanol–water partition coefficient (Wildman–Crippen LogP) is 5.59. The highest BCUT2D eigenvalue weighted by Gasteiger charge is 2.35. The van der Waals surface area contributed by atoms with Crippen molar-refractivity contribution in [2.24, 2.45) is 10.2 Å². The zero-order valence-electron chi connectivity index (χ0n) is 20.7. The Bertz CT molecular complexity index is 1630. The molecule has 0 bridgehead atoms. The van der Waals surface area contributed by atoms with Gasteiger partial charge in [0.1, 0.15) is 11.5 Å². The summed E-state index contributed by atoms with van der Waals surface area (Å²) in [5.74, 6) is -1.60. The molecule has 0 fully saturated rings. The van der Waals surface area contributed by atoms with Gasteiger partial charge in [0.25, 0.3) is 0 Å². The molecule has 4 aromatic rings. The van der Waals surface area contributed by atoms with E-state index in [1.54, 1.807) is 30.3 Å². The van der Waals surface area contributed by atoms with E-state index >= 15 is 0 Å². The van der Waals surface area contributed by atoms with Crippen molar-refractivity contribution in [2.45, 2.75) is 13.8 Å². The number of phenolic OH excluding ortho intramolecular Hbond substituents is 1. The Morgan fingerprint density at radius 3 is 2.37 bits per heavy atom. The van der Waals surface area contributed by atoms with Crippen LogP contribution >= 0.6 is 0 Å². The number of hydrogen-bond donors (Lipinski definition) is 3. The molecule has 0 saturated heterocycles. The lowest BCUT2D eigenvalue weighted by Gasteiger charge is -2.15. The van der Waals surface area contributed by atoms with Gasteiger partial charge < -0.3 is 10.2 Å². The zero-order valence-corrected chi connectivity index (χ0v) is 20.7. The molecule has 0 radical (unpaired) electrons. The molecule has 8 heteroatoms. The lowest BCUT2D eigenvalue weighted by Crippen LogP contribution is -2.29. The topological polar surface area (TPSA) is 115 Å². The molecule has 0 saturated carbocycles. The number of para-hydroxylation sites is 1. The number of anilines is 2. The minimum atomic E-state index is -1.06. The molecular formula is C30H24N4O4. The number of amides is 1. The summed E-state index contributed by atoms with van der Waals surface area (Å²) in [4.78, 5) is 25.0. The number of nitrogens with one attached hydrogen (secondary N) is 1. The average molecular weight is 505 g/mol. The summed E-state index contributed by atoms with van der Waals surface area (Å²) in [6.07, 6.45) is 0. The molecule has 0 unspecified atom stereocenters. The number of aromatic carboxylic acids is 1. The fourth-order valence-electron chi connectivity index (χ4n) is 4.22. The maximum absolute atomic E-state index is 13.6. The van der Waals surface area contributed by atoms with E-state index in [1.165, 1.54) is 17.1 Å². The van der Waals surface area contributed by atoms with Crippen molar-refractivity contribution in [1.29, 1.82) is 0 Å². The van der Waals surface area contributed by atoms with Crippen LogP contribution in [-0.4, -0.2) is 33.5 Å². The molecule has 0 spiro atoms. The highest BCUT2D eigenvalue weighted by molar-refractivity contribution is 6.74. The van der Waals surface area contributed by atoms with Gasteiger partial charge in [-0.3, -0.25) is 10.2 Å².